The van der Waals surface area contributed by atoms with Crippen LogP contribution < -0.4 is 0 Å². The number of rotatable bonds is 3. The summed E-state index contributed by atoms with van der Waals surface area (Å²) in [7, 11) is 2.18. The molecule has 1 fully saturated rings. The Morgan fingerprint density at radius 3 is 2.74 bits per heavy atom. The summed E-state index contributed by atoms with van der Waals surface area (Å²) in [5.41, 5.74) is 1.13. The molecule has 2 rings (SSSR count). The summed E-state index contributed by atoms with van der Waals surface area (Å²) < 4.78 is 0. The molecule has 0 radical (unpaired) electrons. The van der Waals surface area contributed by atoms with Crippen LogP contribution in [0.1, 0.15) is 24.8 Å². The Bertz CT molecular complexity index is 423. The van der Waals surface area contributed by atoms with Crippen molar-refractivity contribution in [2.45, 2.75) is 25.3 Å². The Kier molecular flexibility index (Phi) is 4.95. The van der Waals surface area contributed by atoms with E-state index in [1.54, 1.807) is 0 Å². The Balaban J connectivity index is 2.04. The summed E-state index contributed by atoms with van der Waals surface area (Å²) in [6.07, 6.45) is 1.19. The van der Waals surface area contributed by atoms with Gasteiger partial charge in [0.1, 0.15) is 0 Å². The first-order valence-electron chi connectivity index (χ1n) is 7.08. The normalized spacial score (nSPS) is 23.5. The zero-order valence-electron chi connectivity index (χ0n) is 11.9. The van der Waals surface area contributed by atoms with E-state index in [9.17, 15) is 5.26 Å². The molecule has 102 valence electrons. The molecule has 2 atom stereocenters. The smallest absolute Gasteiger partial charge is 0.0839 e. The van der Waals surface area contributed by atoms with Gasteiger partial charge in [-0.25, -0.2) is 0 Å². The summed E-state index contributed by atoms with van der Waals surface area (Å²) in [6.45, 7) is 6.45. The molecule has 1 aromatic rings. The fourth-order valence-electron chi connectivity index (χ4n) is 2.83. The molecule has 0 spiro atoms. The summed E-state index contributed by atoms with van der Waals surface area (Å²) >= 11 is 0. The number of hydrogen-bond acceptors (Lipinski definition) is 3. The van der Waals surface area contributed by atoms with Crippen molar-refractivity contribution in [3.63, 3.8) is 0 Å². The molecule has 1 aliphatic rings. The maximum absolute atomic E-state index is 9.43. The van der Waals surface area contributed by atoms with Gasteiger partial charge >= 0.3 is 0 Å². The molecule has 1 aliphatic heterocycles. The molecule has 2 unspecified atom stereocenters. The lowest BCUT2D eigenvalue weighted by Gasteiger charge is -2.29. The largest absolute Gasteiger partial charge is 0.305 e. The van der Waals surface area contributed by atoms with Gasteiger partial charge < -0.3 is 4.90 Å². The van der Waals surface area contributed by atoms with Crippen molar-refractivity contribution in [1.82, 2.24) is 9.80 Å². The molecule has 1 saturated heterocycles. The van der Waals surface area contributed by atoms with Crippen molar-refractivity contribution in [3.8, 4) is 6.07 Å². The van der Waals surface area contributed by atoms with E-state index in [4.69, 9.17) is 0 Å². The van der Waals surface area contributed by atoms with E-state index in [0.29, 0.717) is 6.04 Å². The molecule has 19 heavy (non-hydrogen) atoms. The summed E-state index contributed by atoms with van der Waals surface area (Å²) in [5.74, 6) is -0.0212. The van der Waals surface area contributed by atoms with E-state index in [-0.39, 0.29) is 5.92 Å². The van der Waals surface area contributed by atoms with Crippen molar-refractivity contribution in [2.75, 3.05) is 33.2 Å². The molecule has 1 aromatic carbocycles. The van der Waals surface area contributed by atoms with Crippen LogP contribution in [0.2, 0.25) is 0 Å². The van der Waals surface area contributed by atoms with E-state index < -0.39 is 0 Å². The third-order valence-corrected chi connectivity index (χ3v) is 3.96. The van der Waals surface area contributed by atoms with Gasteiger partial charge in [0.15, 0.2) is 0 Å². The minimum atomic E-state index is -0.0212. The first kappa shape index (κ1) is 14.0. The van der Waals surface area contributed by atoms with E-state index in [2.05, 4.69) is 42.0 Å². The zero-order chi connectivity index (χ0) is 13.7. The lowest BCUT2D eigenvalue weighted by atomic mass is 9.99. The summed E-state index contributed by atoms with van der Waals surface area (Å²) in [4.78, 5) is 4.85. The maximum atomic E-state index is 9.43. The van der Waals surface area contributed by atoms with Crippen molar-refractivity contribution in [1.29, 1.82) is 5.26 Å². The highest BCUT2D eigenvalue weighted by Gasteiger charge is 2.23. The number of nitrogens with zero attached hydrogens (tertiary/aromatic N) is 3. The first-order valence-corrected chi connectivity index (χ1v) is 7.08. The second kappa shape index (κ2) is 6.70. The van der Waals surface area contributed by atoms with Gasteiger partial charge in [-0.3, -0.25) is 4.90 Å². The maximum Gasteiger partial charge on any atom is 0.0839 e. The predicted molar refractivity (Wildman–Crippen MR) is 77.9 cm³/mol. The molecule has 0 aliphatic carbocycles. The minimum absolute atomic E-state index is 0.0212. The van der Waals surface area contributed by atoms with E-state index >= 15 is 0 Å². The Hall–Kier alpha value is -1.37. The predicted octanol–water partition coefficient (Wildman–Crippen LogP) is 2.32. The van der Waals surface area contributed by atoms with Crippen LogP contribution in [0.4, 0.5) is 0 Å². The van der Waals surface area contributed by atoms with Gasteiger partial charge in [-0.2, -0.15) is 5.26 Å². The van der Waals surface area contributed by atoms with Crippen LogP contribution in [0.3, 0.4) is 0 Å². The second-order valence-corrected chi connectivity index (χ2v) is 5.55. The van der Waals surface area contributed by atoms with Crippen LogP contribution >= 0.6 is 0 Å². The van der Waals surface area contributed by atoms with Gasteiger partial charge in [0.2, 0.25) is 0 Å². The third kappa shape index (κ3) is 3.79. The van der Waals surface area contributed by atoms with Crippen LogP contribution in [-0.2, 0) is 0 Å². The van der Waals surface area contributed by atoms with Gasteiger partial charge in [0.05, 0.1) is 12.0 Å². The second-order valence-electron chi connectivity index (χ2n) is 5.55. The van der Waals surface area contributed by atoms with Crippen LogP contribution in [-0.4, -0.2) is 49.1 Å². The van der Waals surface area contributed by atoms with E-state index in [1.165, 1.54) is 6.42 Å². The standard InChI is InChI=1S/C16H23N3/c1-14-12-18(2)9-6-10-19(14)13-16(11-17)15-7-4-3-5-8-15/h3-5,7-8,14,16H,6,9-10,12-13H2,1-2H3. The number of likely N-dealkylation sites (N-methyl/N-ethyl adjacent to an activating group) is 1. The van der Waals surface area contributed by atoms with Gasteiger partial charge in [-0.1, -0.05) is 30.3 Å². The Labute approximate surface area is 116 Å². The molecule has 0 amide bonds. The van der Waals surface area contributed by atoms with Crippen molar-refractivity contribution in [2.24, 2.45) is 0 Å². The Morgan fingerprint density at radius 2 is 2.05 bits per heavy atom. The van der Waals surface area contributed by atoms with Gasteiger partial charge in [0.25, 0.3) is 0 Å². The molecule has 0 N–H and O–H groups in total. The highest BCUT2D eigenvalue weighted by Crippen LogP contribution is 2.19. The summed E-state index contributed by atoms with van der Waals surface area (Å²) in [5, 5.41) is 9.43. The van der Waals surface area contributed by atoms with E-state index in [1.807, 2.05) is 18.2 Å². The lowest BCUT2D eigenvalue weighted by molar-refractivity contribution is 0.199. The average Bonchev–Trinajstić information content (AvgIpc) is 2.58. The fourth-order valence-corrected chi connectivity index (χ4v) is 2.83. The van der Waals surface area contributed by atoms with Gasteiger partial charge in [-0.15, -0.1) is 0 Å². The molecule has 1 heterocycles. The van der Waals surface area contributed by atoms with Crippen molar-refractivity contribution < 1.29 is 0 Å². The molecule has 3 heteroatoms. The molecule has 3 nitrogen and oxygen atoms in total. The monoisotopic (exact) mass is 257 g/mol. The molecular formula is C16H23N3. The van der Waals surface area contributed by atoms with Crippen LogP contribution in [0, 0.1) is 11.3 Å². The highest BCUT2D eigenvalue weighted by molar-refractivity contribution is 5.25. The van der Waals surface area contributed by atoms with Crippen LogP contribution in [0.5, 0.6) is 0 Å². The van der Waals surface area contributed by atoms with Crippen molar-refractivity contribution in [3.05, 3.63) is 35.9 Å². The topological polar surface area (TPSA) is 30.3 Å². The SMILES string of the molecule is CC1CN(C)CCCN1CC(C#N)c1ccccc1. The van der Waals surface area contributed by atoms with Crippen LogP contribution in [0.15, 0.2) is 30.3 Å². The molecule has 0 saturated carbocycles. The molecule has 0 bridgehead atoms. The first-order chi connectivity index (χ1) is 9.20. The average molecular weight is 257 g/mol. The van der Waals surface area contributed by atoms with E-state index in [0.717, 1.165) is 31.7 Å². The fraction of sp³-hybridized carbons (Fsp3) is 0.562. The van der Waals surface area contributed by atoms with Gasteiger partial charge in [-0.05, 0) is 39.0 Å². The number of hydrogen-bond donors (Lipinski definition) is 0. The minimum Gasteiger partial charge on any atom is -0.305 e. The van der Waals surface area contributed by atoms with Crippen molar-refractivity contribution >= 4 is 0 Å². The Morgan fingerprint density at radius 1 is 1.32 bits per heavy atom. The highest BCUT2D eigenvalue weighted by atomic mass is 15.2. The molecular weight excluding hydrogens is 234 g/mol. The quantitative estimate of drug-likeness (QED) is 0.832. The number of benzene rings is 1. The number of nitriles is 1. The zero-order valence-corrected chi connectivity index (χ0v) is 11.9. The van der Waals surface area contributed by atoms with Crippen LogP contribution in [0.25, 0.3) is 0 Å². The molecule has 0 aromatic heterocycles. The third-order valence-electron chi connectivity index (χ3n) is 3.96. The van der Waals surface area contributed by atoms with Gasteiger partial charge in [0, 0.05) is 19.1 Å². The summed E-state index contributed by atoms with van der Waals surface area (Å²) in [6, 6.07) is 13.1. The lowest BCUT2D eigenvalue weighted by Crippen LogP contribution is -2.40.